The second-order valence-electron chi connectivity index (χ2n) is 4.56. The van der Waals surface area contributed by atoms with Crippen LogP contribution in [0.4, 0.5) is 0 Å². The zero-order chi connectivity index (χ0) is 14.0. The zero-order valence-corrected chi connectivity index (χ0v) is 12.1. The molecule has 2 rings (SSSR count). The molecular weight excluding hydrogens is 312 g/mol. The molecule has 0 saturated heterocycles. The molecule has 0 bridgehead atoms. The van der Waals surface area contributed by atoms with Crippen molar-refractivity contribution in [1.82, 2.24) is 20.2 Å². The number of aromatic nitrogens is 4. The van der Waals surface area contributed by atoms with Gasteiger partial charge in [-0.3, -0.25) is 4.79 Å². The van der Waals surface area contributed by atoms with E-state index in [0.717, 1.165) is 5.56 Å². The molecule has 1 unspecified atom stereocenters. The van der Waals surface area contributed by atoms with Crippen molar-refractivity contribution in [2.45, 2.75) is 24.2 Å². The Hall–Kier alpha value is -1.76. The monoisotopic (exact) mass is 324 g/mol. The van der Waals surface area contributed by atoms with Crippen LogP contribution in [0.2, 0.25) is 0 Å². The molecule has 0 aliphatic rings. The standard InChI is InChI=1S/C12H13BrN4O2/c1-12(2,8-6-4-3-5-7-8)17-15-10(14-16-17)9(13)11(18)19/h3-7,9H,1-2H3,(H,18,19). The molecule has 0 radical (unpaired) electrons. The number of aliphatic carboxylic acids is 1. The summed E-state index contributed by atoms with van der Waals surface area (Å²) < 4.78 is 0. The maximum Gasteiger partial charge on any atom is 0.325 e. The van der Waals surface area contributed by atoms with Gasteiger partial charge >= 0.3 is 5.97 Å². The molecule has 1 N–H and O–H groups in total. The van der Waals surface area contributed by atoms with E-state index >= 15 is 0 Å². The van der Waals surface area contributed by atoms with Crippen LogP contribution in [-0.2, 0) is 10.3 Å². The lowest BCUT2D eigenvalue weighted by molar-refractivity contribution is -0.136. The van der Waals surface area contributed by atoms with Gasteiger partial charge in [0.2, 0.25) is 0 Å². The number of carboxylic acids is 1. The van der Waals surface area contributed by atoms with Crippen LogP contribution < -0.4 is 0 Å². The fourth-order valence-corrected chi connectivity index (χ4v) is 1.82. The van der Waals surface area contributed by atoms with Gasteiger partial charge in [-0.15, -0.1) is 10.2 Å². The first-order valence-electron chi connectivity index (χ1n) is 5.65. The lowest BCUT2D eigenvalue weighted by Crippen LogP contribution is -2.30. The largest absolute Gasteiger partial charge is 0.480 e. The number of rotatable bonds is 4. The molecule has 0 amide bonds. The van der Waals surface area contributed by atoms with Crippen molar-refractivity contribution in [3.8, 4) is 0 Å². The SMILES string of the molecule is CC(C)(c1ccccc1)n1nnc(C(Br)C(=O)O)n1. The van der Waals surface area contributed by atoms with Crippen LogP contribution in [0.5, 0.6) is 0 Å². The van der Waals surface area contributed by atoms with Crippen molar-refractivity contribution in [2.24, 2.45) is 0 Å². The molecule has 0 spiro atoms. The number of tetrazole rings is 1. The molecule has 0 saturated carbocycles. The van der Waals surface area contributed by atoms with E-state index in [2.05, 4.69) is 31.3 Å². The van der Waals surface area contributed by atoms with E-state index in [-0.39, 0.29) is 5.82 Å². The summed E-state index contributed by atoms with van der Waals surface area (Å²) >= 11 is 3.01. The first kappa shape index (κ1) is 13.7. The maximum atomic E-state index is 10.9. The van der Waals surface area contributed by atoms with Gasteiger partial charge in [0.05, 0.1) is 0 Å². The lowest BCUT2D eigenvalue weighted by Gasteiger charge is -2.23. The van der Waals surface area contributed by atoms with E-state index in [4.69, 9.17) is 5.11 Å². The number of halogens is 1. The second-order valence-corrected chi connectivity index (χ2v) is 5.48. The minimum Gasteiger partial charge on any atom is -0.480 e. The van der Waals surface area contributed by atoms with Crippen LogP contribution in [0.15, 0.2) is 30.3 Å². The van der Waals surface area contributed by atoms with Crippen molar-refractivity contribution < 1.29 is 9.90 Å². The summed E-state index contributed by atoms with van der Waals surface area (Å²) in [5.41, 5.74) is 0.512. The number of alkyl halides is 1. The van der Waals surface area contributed by atoms with E-state index in [0.29, 0.717) is 0 Å². The molecular formula is C12H13BrN4O2. The molecule has 100 valence electrons. The number of carbonyl (C=O) groups is 1. The normalized spacial score (nSPS) is 13.2. The van der Waals surface area contributed by atoms with Gasteiger partial charge in [0.15, 0.2) is 10.7 Å². The van der Waals surface area contributed by atoms with E-state index in [1.165, 1.54) is 4.80 Å². The fraction of sp³-hybridized carbons (Fsp3) is 0.333. The molecule has 1 aromatic carbocycles. The van der Waals surface area contributed by atoms with Crippen LogP contribution in [0.3, 0.4) is 0 Å². The number of hydrogen-bond donors (Lipinski definition) is 1. The molecule has 1 heterocycles. The summed E-state index contributed by atoms with van der Waals surface area (Å²) in [6.45, 7) is 3.88. The summed E-state index contributed by atoms with van der Waals surface area (Å²) in [5, 5.41) is 20.8. The Morgan fingerprint density at radius 3 is 2.58 bits per heavy atom. The second kappa shape index (κ2) is 5.08. The van der Waals surface area contributed by atoms with Crippen molar-refractivity contribution in [3.63, 3.8) is 0 Å². The van der Waals surface area contributed by atoms with Crippen molar-refractivity contribution in [2.75, 3.05) is 0 Å². The van der Waals surface area contributed by atoms with Crippen LogP contribution in [0.1, 0.15) is 30.1 Å². The zero-order valence-electron chi connectivity index (χ0n) is 10.5. The Labute approximate surface area is 118 Å². The average Bonchev–Trinajstić information content (AvgIpc) is 2.89. The minimum atomic E-state index is -1.04. The van der Waals surface area contributed by atoms with Gasteiger partial charge in [-0.25, -0.2) is 0 Å². The summed E-state index contributed by atoms with van der Waals surface area (Å²) in [6.07, 6.45) is 0. The highest BCUT2D eigenvalue weighted by Crippen LogP contribution is 2.25. The molecule has 7 heteroatoms. The first-order chi connectivity index (χ1) is 8.93. The molecule has 1 atom stereocenters. The van der Waals surface area contributed by atoms with Gasteiger partial charge in [-0.1, -0.05) is 46.3 Å². The first-order valence-corrected chi connectivity index (χ1v) is 6.57. The van der Waals surface area contributed by atoms with Crippen molar-refractivity contribution >= 4 is 21.9 Å². The van der Waals surface area contributed by atoms with E-state index in [9.17, 15) is 4.79 Å². The number of hydrogen-bond acceptors (Lipinski definition) is 4. The molecule has 0 aliphatic heterocycles. The van der Waals surface area contributed by atoms with E-state index < -0.39 is 16.3 Å². The van der Waals surface area contributed by atoms with Gasteiger partial charge in [0, 0.05) is 0 Å². The van der Waals surface area contributed by atoms with E-state index in [1.807, 2.05) is 44.2 Å². The fourth-order valence-electron chi connectivity index (χ4n) is 1.64. The Balaban J connectivity index is 2.35. The van der Waals surface area contributed by atoms with Crippen LogP contribution in [-0.4, -0.2) is 31.3 Å². The summed E-state index contributed by atoms with van der Waals surface area (Å²) in [6, 6.07) is 9.72. The number of benzene rings is 1. The minimum absolute atomic E-state index is 0.136. The third kappa shape index (κ3) is 2.65. The molecule has 1 aromatic heterocycles. The quantitative estimate of drug-likeness (QED) is 0.870. The summed E-state index contributed by atoms with van der Waals surface area (Å²) in [5.74, 6) is -0.909. The van der Waals surface area contributed by atoms with Gasteiger partial charge in [0.25, 0.3) is 0 Å². The van der Waals surface area contributed by atoms with Gasteiger partial charge in [-0.05, 0) is 24.6 Å². The third-order valence-electron chi connectivity index (χ3n) is 2.85. The predicted molar refractivity (Wildman–Crippen MR) is 72.0 cm³/mol. The van der Waals surface area contributed by atoms with Crippen LogP contribution in [0.25, 0.3) is 0 Å². The highest BCUT2D eigenvalue weighted by atomic mass is 79.9. The Morgan fingerprint density at radius 1 is 1.37 bits per heavy atom. The molecule has 19 heavy (non-hydrogen) atoms. The number of nitrogens with zero attached hydrogens (tertiary/aromatic N) is 4. The molecule has 0 aliphatic carbocycles. The van der Waals surface area contributed by atoms with Gasteiger partial charge < -0.3 is 5.11 Å². The Kier molecular flexibility index (Phi) is 3.66. The molecule has 6 nitrogen and oxygen atoms in total. The predicted octanol–water partition coefficient (Wildman–Crippen LogP) is 1.98. The van der Waals surface area contributed by atoms with Crippen molar-refractivity contribution in [1.29, 1.82) is 0 Å². The van der Waals surface area contributed by atoms with Crippen molar-refractivity contribution in [3.05, 3.63) is 41.7 Å². The highest BCUT2D eigenvalue weighted by Gasteiger charge is 2.28. The van der Waals surface area contributed by atoms with Crippen LogP contribution in [0, 0.1) is 0 Å². The van der Waals surface area contributed by atoms with E-state index in [1.54, 1.807) is 0 Å². The average molecular weight is 325 g/mol. The molecule has 0 fully saturated rings. The Bertz CT molecular complexity index is 582. The lowest BCUT2D eigenvalue weighted by atomic mass is 9.95. The third-order valence-corrected chi connectivity index (χ3v) is 3.65. The summed E-state index contributed by atoms with van der Waals surface area (Å²) in [7, 11) is 0. The molecule has 2 aromatic rings. The maximum absolute atomic E-state index is 10.9. The van der Waals surface area contributed by atoms with Gasteiger partial charge in [0.1, 0.15) is 5.54 Å². The smallest absolute Gasteiger partial charge is 0.325 e. The highest BCUT2D eigenvalue weighted by molar-refractivity contribution is 9.09. The van der Waals surface area contributed by atoms with Crippen LogP contribution >= 0.6 is 15.9 Å². The summed E-state index contributed by atoms with van der Waals surface area (Å²) in [4.78, 5) is 11.3. The van der Waals surface area contributed by atoms with Gasteiger partial charge in [-0.2, -0.15) is 4.80 Å². The topological polar surface area (TPSA) is 80.9 Å². The number of carboxylic acid groups (broad SMARTS) is 1. The Morgan fingerprint density at radius 2 is 2.00 bits per heavy atom.